The highest BCUT2D eigenvalue weighted by molar-refractivity contribution is 7.99. The van der Waals surface area contributed by atoms with Crippen molar-refractivity contribution in [1.82, 2.24) is 10.3 Å². The van der Waals surface area contributed by atoms with Crippen molar-refractivity contribution in [2.45, 2.75) is 0 Å². The van der Waals surface area contributed by atoms with Crippen molar-refractivity contribution in [3.05, 3.63) is 36.5 Å². The maximum atomic E-state index is 11.5. The van der Waals surface area contributed by atoms with Crippen LogP contribution in [0.5, 0.6) is 0 Å². The SMILES string of the molecule is O=C(CSCCO)NCCNc1ccnc2ccccc12. The largest absolute Gasteiger partial charge is 0.396 e. The number of fused-ring (bicyclic) bond motifs is 1. The van der Waals surface area contributed by atoms with Crippen LogP contribution in [0.2, 0.25) is 0 Å². The first-order valence-corrected chi connectivity index (χ1v) is 7.99. The van der Waals surface area contributed by atoms with Crippen molar-refractivity contribution in [3.63, 3.8) is 0 Å². The Labute approximate surface area is 128 Å². The van der Waals surface area contributed by atoms with E-state index in [1.54, 1.807) is 6.20 Å². The molecule has 0 aliphatic heterocycles. The summed E-state index contributed by atoms with van der Waals surface area (Å²) in [6, 6.07) is 9.87. The van der Waals surface area contributed by atoms with Crippen molar-refractivity contribution in [2.24, 2.45) is 0 Å². The van der Waals surface area contributed by atoms with Gasteiger partial charge in [0.05, 0.1) is 17.9 Å². The third-order valence-corrected chi connectivity index (χ3v) is 3.82. The van der Waals surface area contributed by atoms with E-state index in [1.165, 1.54) is 11.8 Å². The fourth-order valence-corrected chi connectivity index (χ4v) is 2.49. The van der Waals surface area contributed by atoms with Gasteiger partial charge in [0.1, 0.15) is 0 Å². The summed E-state index contributed by atoms with van der Waals surface area (Å²) in [5.74, 6) is 0.975. The zero-order chi connectivity index (χ0) is 14.9. The number of thioether (sulfide) groups is 1. The Morgan fingerprint density at radius 2 is 2.10 bits per heavy atom. The molecule has 112 valence electrons. The number of benzene rings is 1. The van der Waals surface area contributed by atoms with Crippen LogP contribution in [0, 0.1) is 0 Å². The van der Waals surface area contributed by atoms with E-state index >= 15 is 0 Å². The zero-order valence-corrected chi connectivity index (χ0v) is 12.5. The number of aliphatic hydroxyl groups excluding tert-OH is 1. The normalized spacial score (nSPS) is 10.5. The van der Waals surface area contributed by atoms with Crippen LogP contribution in [0.3, 0.4) is 0 Å². The number of nitrogens with zero attached hydrogens (tertiary/aromatic N) is 1. The number of anilines is 1. The molecule has 1 heterocycles. The monoisotopic (exact) mass is 305 g/mol. The first-order valence-electron chi connectivity index (χ1n) is 6.84. The van der Waals surface area contributed by atoms with Gasteiger partial charge in [0, 0.05) is 36.1 Å². The molecule has 3 N–H and O–H groups in total. The molecule has 21 heavy (non-hydrogen) atoms. The maximum Gasteiger partial charge on any atom is 0.230 e. The van der Waals surface area contributed by atoms with Crippen LogP contribution in [0.25, 0.3) is 10.9 Å². The first-order chi connectivity index (χ1) is 10.3. The molecule has 0 fully saturated rings. The molecule has 2 aromatic rings. The summed E-state index contributed by atoms with van der Waals surface area (Å²) in [4.78, 5) is 15.8. The number of pyridine rings is 1. The van der Waals surface area contributed by atoms with E-state index in [-0.39, 0.29) is 12.5 Å². The van der Waals surface area contributed by atoms with Crippen LogP contribution in [-0.4, -0.2) is 47.2 Å². The van der Waals surface area contributed by atoms with Gasteiger partial charge in [0.2, 0.25) is 5.91 Å². The molecule has 0 saturated carbocycles. The van der Waals surface area contributed by atoms with Crippen molar-refractivity contribution in [1.29, 1.82) is 0 Å². The standard InChI is InChI=1S/C15H19N3O2S/c19-9-10-21-11-15(20)18-8-7-17-14-5-6-16-13-4-2-1-3-12(13)14/h1-6,19H,7-11H2,(H,16,17)(H,18,20). The van der Waals surface area contributed by atoms with Gasteiger partial charge < -0.3 is 15.7 Å². The van der Waals surface area contributed by atoms with Crippen LogP contribution in [0.15, 0.2) is 36.5 Å². The summed E-state index contributed by atoms with van der Waals surface area (Å²) < 4.78 is 0. The van der Waals surface area contributed by atoms with E-state index in [9.17, 15) is 4.79 Å². The number of carbonyl (C=O) groups excluding carboxylic acids is 1. The highest BCUT2D eigenvalue weighted by Crippen LogP contribution is 2.20. The number of nitrogens with one attached hydrogen (secondary N) is 2. The second-order valence-corrected chi connectivity index (χ2v) is 5.53. The molecular formula is C15H19N3O2S. The smallest absolute Gasteiger partial charge is 0.230 e. The molecule has 0 atom stereocenters. The lowest BCUT2D eigenvalue weighted by Crippen LogP contribution is -2.30. The van der Waals surface area contributed by atoms with Gasteiger partial charge >= 0.3 is 0 Å². The Bertz CT molecular complexity index is 587. The number of para-hydroxylation sites is 1. The second-order valence-electron chi connectivity index (χ2n) is 4.43. The molecule has 0 aliphatic carbocycles. The minimum atomic E-state index is -0.00478. The highest BCUT2D eigenvalue weighted by atomic mass is 32.2. The van der Waals surface area contributed by atoms with Crippen molar-refractivity contribution in [3.8, 4) is 0 Å². The number of aliphatic hydroxyl groups is 1. The topological polar surface area (TPSA) is 74.2 Å². The van der Waals surface area contributed by atoms with E-state index in [0.717, 1.165) is 16.6 Å². The molecule has 0 aliphatic rings. The maximum absolute atomic E-state index is 11.5. The molecule has 0 radical (unpaired) electrons. The van der Waals surface area contributed by atoms with Gasteiger partial charge in [-0.15, -0.1) is 11.8 Å². The summed E-state index contributed by atoms with van der Waals surface area (Å²) in [5, 5.41) is 15.9. The Morgan fingerprint density at radius 3 is 2.95 bits per heavy atom. The van der Waals surface area contributed by atoms with E-state index in [4.69, 9.17) is 5.11 Å². The van der Waals surface area contributed by atoms with E-state index in [1.807, 2.05) is 30.3 Å². The Hall–Kier alpha value is -1.79. The molecule has 0 spiro atoms. The lowest BCUT2D eigenvalue weighted by Gasteiger charge is -2.10. The predicted molar refractivity (Wildman–Crippen MR) is 87.7 cm³/mol. The molecule has 0 saturated heterocycles. The van der Waals surface area contributed by atoms with Gasteiger partial charge in [-0.1, -0.05) is 18.2 Å². The second kappa shape index (κ2) is 8.49. The minimum Gasteiger partial charge on any atom is -0.396 e. The average Bonchev–Trinajstić information content (AvgIpc) is 2.52. The first kappa shape index (κ1) is 15.6. The van der Waals surface area contributed by atoms with Crippen LogP contribution in [0.1, 0.15) is 0 Å². The minimum absolute atomic E-state index is 0.00478. The molecule has 2 rings (SSSR count). The lowest BCUT2D eigenvalue weighted by atomic mass is 10.2. The summed E-state index contributed by atoms with van der Waals surface area (Å²) in [6.07, 6.45) is 1.77. The van der Waals surface area contributed by atoms with E-state index in [2.05, 4.69) is 15.6 Å². The molecule has 0 unspecified atom stereocenters. The van der Waals surface area contributed by atoms with Gasteiger partial charge in [0.15, 0.2) is 0 Å². The van der Waals surface area contributed by atoms with Crippen LogP contribution < -0.4 is 10.6 Å². The quantitative estimate of drug-likeness (QED) is 0.644. The zero-order valence-electron chi connectivity index (χ0n) is 11.7. The van der Waals surface area contributed by atoms with Gasteiger partial charge in [0.25, 0.3) is 0 Å². The molecule has 1 aromatic carbocycles. The van der Waals surface area contributed by atoms with Crippen molar-refractivity contribution >= 4 is 34.3 Å². The van der Waals surface area contributed by atoms with Crippen LogP contribution in [0.4, 0.5) is 5.69 Å². The lowest BCUT2D eigenvalue weighted by molar-refractivity contribution is -0.118. The summed E-state index contributed by atoms with van der Waals surface area (Å²) >= 11 is 1.43. The van der Waals surface area contributed by atoms with E-state index < -0.39 is 0 Å². The summed E-state index contributed by atoms with van der Waals surface area (Å²) in [5.41, 5.74) is 1.97. The number of hydrogen-bond acceptors (Lipinski definition) is 5. The fourth-order valence-electron chi connectivity index (χ4n) is 1.93. The third-order valence-electron chi connectivity index (χ3n) is 2.88. The number of rotatable bonds is 8. The van der Waals surface area contributed by atoms with E-state index in [0.29, 0.717) is 24.6 Å². The van der Waals surface area contributed by atoms with Gasteiger partial charge in [-0.2, -0.15) is 0 Å². The van der Waals surface area contributed by atoms with Gasteiger partial charge in [-0.25, -0.2) is 0 Å². The Balaban J connectivity index is 1.76. The molecule has 1 aromatic heterocycles. The van der Waals surface area contributed by atoms with Gasteiger partial charge in [-0.3, -0.25) is 9.78 Å². The predicted octanol–water partition coefficient (Wildman–Crippen LogP) is 1.49. The molecule has 6 heteroatoms. The summed E-state index contributed by atoms with van der Waals surface area (Å²) in [6.45, 7) is 1.33. The molecule has 1 amide bonds. The van der Waals surface area contributed by atoms with Gasteiger partial charge in [-0.05, 0) is 12.1 Å². The fraction of sp³-hybridized carbons (Fsp3) is 0.333. The van der Waals surface area contributed by atoms with Crippen LogP contribution >= 0.6 is 11.8 Å². The Morgan fingerprint density at radius 1 is 1.24 bits per heavy atom. The average molecular weight is 305 g/mol. The number of carbonyl (C=O) groups is 1. The van der Waals surface area contributed by atoms with Crippen molar-refractivity contribution < 1.29 is 9.90 Å². The number of amides is 1. The highest BCUT2D eigenvalue weighted by Gasteiger charge is 2.02. The summed E-state index contributed by atoms with van der Waals surface area (Å²) in [7, 11) is 0. The molecule has 5 nitrogen and oxygen atoms in total. The molecular weight excluding hydrogens is 286 g/mol. The van der Waals surface area contributed by atoms with Crippen molar-refractivity contribution in [2.75, 3.05) is 36.5 Å². The third kappa shape index (κ3) is 4.91. The van der Waals surface area contributed by atoms with Crippen LogP contribution in [-0.2, 0) is 4.79 Å². The number of hydrogen-bond donors (Lipinski definition) is 3. The Kier molecular flexibility index (Phi) is 6.30. The molecule has 0 bridgehead atoms. The number of aromatic nitrogens is 1.